The third-order valence-electron chi connectivity index (χ3n) is 11.3. The zero-order valence-electron chi connectivity index (χ0n) is 31.6. The molecule has 0 radical (unpaired) electrons. The van der Waals surface area contributed by atoms with E-state index in [1.165, 1.54) is 38.2 Å². The first-order valence-electron chi connectivity index (χ1n) is 19.7. The van der Waals surface area contributed by atoms with Gasteiger partial charge in [0.05, 0.1) is 0 Å². The molecule has 10 aromatic carbocycles. The average molecular weight is 741 g/mol. The summed E-state index contributed by atoms with van der Waals surface area (Å²) in [7, 11) is 0. The summed E-state index contributed by atoms with van der Waals surface area (Å²) in [6.07, 6.45) is 0. The molecule has 0 fully saturated rings. The molecular weight excluding hydrogens is 705 g/mol. The minimum absolute atomic E-state index is 0.620. The molecule has 0 saturated heterocycles. The van der Waals surface area contributed by atoms with E-state index in [-0.39, 0.29) is 0 Å². The number of anilines is 3. The maximum atomic E-state index is 6.60. The first kappa shape index (κ1) is 33.6. The molecule has 0 aliphatic heterocycles. The van der Waals surface area contributed by atoms with E-state index in [0.717, 1.165) is 61.2 Å². The predicted octanol–water partition coefficient (Wildman–Crippen LogP) is 15.4. The van der Waals surface area contributed by atoms with Crippen molar-refractivity contribution in [2.75, 3.05) is 4.90 Å². The Morgan fingerprint density at radius 2 is 0.845 bits per heavy atom. The standard InChI is InChI=1S/C55H36N2O/c1-3-14-37(15-4-1)41-20-13-21-46(34-41)57(44-30-26-38(27-31-44)51-35-42-18-7-9-22-47(42)49-24-11-12-25-50(49)51)45-32-28-39(29-33-45)52-36-43-19-8-10-23-48(43)53-54(52)58-55(56-53)40-16-5-2-6-17-40/h1-36H. The van der Waals surface area contributed by atoms with Crippen LogP contribution in [-0.4, -0.2) is 4.98 Å². The summed E-state index contributed by atoms with van der Waals surface area (Å²) < 4.78 is 6.60. The van der Waals surface area contributed by atoms with Crippen LogP contribution in [0.3, 0.4) is 0 Å². The molecule has 3 nitrogen and oxygen atoms in total. The van der Waals surface area contributed by atoms with Gasteiger partial charge in [-0.1, -0.05) is 158 Å². The maximum Gasteiger partial charge on any atom is 0.227 e. The lowest BCUT2D eigenvalue weighted by Crippen LogP contribution is -2.10. The van der Waals surface area contributed by atoms with Gasteiger partial charge in [0.2, 0.25) is 5.89 Å². The summed E-state index contributed by atoms with van der Waals surface area (Å²) in [4.78, 5) is 7.38. The molecule has 272 valence electrons. The molecule has 1 aromatic heterocycles. The van der Waals surface area contributed by atoms with E-state index in [2.05, 4.69) is 193 Å². The van der Waals surface area contributed by atoms with E-state index >= 15 is 0 Å². The van der Waals surface area contributed by atoms with Crippen LogP contribution in [0.1, 0.15) is 0 Å². The highest BCUT2D eigenvalue weighted by molar-refractivity contribution is 6.14. The van der Waals surface area contributed by atoms with Gasteiger partial charge in [-0.2, -0.15) is 0 Å². The maximum absolute atomic E-state index is 6.60. The van der Waals surface area contributed by atoms with Gasteiger partial charge in [-0.15, -0.1) is 0 Å². The van der Waals surface area contributed by atoms with Gasteiger partial charge in [-0.05, 0) is 115 Å². The minimum Gasteiger partial charge on any atom is -0.435 e. The minimum atomic E-state index is 0.620. The van der Waals surface area contributed by atoms with Crippen molar-refractivity contribution in [2.45, 2.75) is 0 Å². The molecule has 0 spiro atoms. The number of fused-ring (bicyclic) bond motifs is 6. The smallest absolute Gasteiger partial charge is 0.227 e. The molecule has 1 heterocycles. The molecular formula is C55H36N2O. The lowest BCUT2D eigenvalue weighted by molar-refractivity contribution is 0.621. The van der Waals surface area contributed by atoms with Crippen LogP contribution in [0.25, 0.3) is 88.3 Å². The zero-order chi connectivity index (χ0) is 38.4. The molecule has 11 aromatic rings. The van der Waals surface area contributed by atoms with Crippen molar-refractivity contribution >= 4 is 60.5 Å². The number of oxazole rings is 1. The summed E-state index contributed by atoms with van der Waals surface area (Å²) in [5.41, 5.74) is 12.6. The van der Waals surface area contributed by atoms with Gasteiger partial charge in [0.25, 0.3) is 0 Å². The van der Waals surface area contributed by atoms with E-state index in [1.54, 1.807) is 0 Å². The van der Waals surface area contributed by atoms with Gasteiger partial charge < -0.3 is 9.32 Å². The second-order valence-corrected chi connectivity index (χ2v) is 14.7. The predicted molar refractivity (Wildman–Crippen MR) is 243 cm³/mol. The van der Waals surface area contributed by atoms with E-state index in [0.29, 0.717) is 5.89 Å². The Kier molecular flexibility index (Phi) is 8.15. The van der Waals surface area contributed by atoms with Crippen LogP contribution >= 0.6 is 0 Å². The Morgan fingerprint density at radius 1 is 0.328 bits per heavy atom. The normalized spacial score (nSPS) is 11.4. The Bertz CT molecular complexity index is 3260. The lowest BCUT2D eigenvalue weighted by Gasteiger charge is -2.26. The summed E-state index contributed by atoms with van der Waals surface area (Å²) in [5.74, 6) is 0.620. The van der Waals surface area contributed by atoms with E-state index in [1.807, 2.05) is 30.3 Å². The third kappa shape index (κ3) is 5.89. The van der Waals surface area contributed by atoms with Gasteiger partial charge in [0.15, 0.2) is 5.58 Å². The monoisotopic (exact) mass is 740 g/mol. The van der Waals surface area contributed by atoms with Crippen molar-refractivity contribution in [1.82, 2.24) is 4.98 Å². The molecule has 0 N–H and O–H groups in total. The van der Waals surface area contributed by atoms with Gasteiger partial charge in [-0.3, -0.25) is 0 Å². The fourth-order valence-corrected chi connectivity index (χ4v) is 8.44. The number of aromatic nitrogens is 1. The first-order valence-corrected chi connectivity index (χ1v) is 19.7. The SMILES string of the molecule is c1ccc(-c2cccc(N(c3ccc(-c4cc5ccccc5c5ccccc45)cc3)c3ccc(-c4cc5ccccc5c5nc(-c6ccccc6)oc45)cc3)c2)cc1. The molecule has 58 heavy (non-hydrogen) atoms. The summed E-state index contributed by atoms with van der Waals surface area (Å²) >= 11 is 0. The summed E-state index contributed by atoms with van der Waals surface area (Å²) in [5, 5.41) is 7.24. The van der Waals surface area contributed by atoms with Crippen LogP contribution in [0.15, 0.2) is 223 Å². The van der Waals surface area contributed by atoms with Crippen molar-refractivity contribution in [2.24, 2.45) is 0 Å². The number of benzene rings is 10. The fourth-order valence-electron chi connectivity index (χ4n) is 8.44. The molecule has 0 amide bonds. The molecule has 0 atom stereocenters. The van der Waals surface area contributed by atoms with Crippen molar-refractivity contribution in [3.63, 3.8) is 0 Å². The number of hydrogen-bond acceptors (Lipinski definition) is 3. The Labute approximate surface area is 336 Å². The van der Waals surface area contributed by atoms with E-state index < -0.39 is 0 Å². The average Bonchev–Trinajstić information content (AvgIpc) is 3.76. The molecule has 0 unspecified atom stereocenters. The van der Waals surface area contributed by atoms with Crippen LogP contribution < -0.4 is 4.90 Å². The molecule has 0 aliphatic rings. The van der Waals surface area contributed by atoms with Crippen LogP contribution in [0.5, 0.6) is 0 Å². The summed E-state index contributed by atoms with van der Waals surface area (Å²) in [6.45, 7) is 0. The molecule has 0 bridgehead atoms. The highest BCUT2D eigenvalue weighted by Gasteiger charge is 2.19. The molecule has 11 rings (SSSR count). The first-order chi connectivity index (χ1) is 28.7. The van der Waals surface area contributed by atoms with Gasteiger partial charge in [0, 0.05) is 33.6 Å². The Balaban J connectivity index is 1.03. The van der Waals surface area contributed by atoms with E-state index in [9.17, 15) is 0 Å². The second-order valence-electron chi connectivity index (χ2n) is 14.7. The fraction of sp³-hybridized carbons (Fsp3) is 0. The van der Waals surface area contributed by atoms with Crippen LogP contribution in [0.4, 0.5) is 17.1 Å². The summed E-state index contributed by atoms with van der Waals surface area (Å²) in [6, 6.07) is 77.7. The highest BCUT2D eigenvalue weighted by atomic mass is 16.3. The Morgan fingerprint density at radius 3 is 1.53 bits per heavy atom. The largest absolute Gasteiger partial charge is 0.435 e. The second kappa shape index (κ2) is 14.1. The molecule has 3 heteroatoms. The number of hydrogen-bond donors (Lipinski definition) is 0. The van der Waals surface area contributed by atoms with Crippen molar-refractivity contribution in [1.29, 1.82) is 0 Å². The topological polar surface area (TPSA) is 29.3 Å². The van der Waals surface area contributed by atoms with Gasteiger partial charge in [-0.25, -0.2) is 4.98 Å². The van der Waals surface area contributed by atoms with Crippen LogP contribution in [0.2, 0.25) is 0 Å². The highest BCUT2D eigenvalue weighted by Crippen LogP contribution is 2.42. The van der Waals surface area contributed by atoms with Crippen LogP contribution in [-0.2, 0) is 0 Å². The van der Waals surface area contributed by atoms with Gasteiger partial charge >= 0.3 is 0 Å². The molecule has 0 saturated carbocycles. The van der Waals surface area contributed by atoms with Crippen LogP contribution in [0, 0.1) is 0 Å². The zero-order valence-corrected chi connectivity index (χ0v) is 31.6. The third-order valence-corrected chi connectivity index (χ3v) is 11.3. The number of nitrogens with zero attached hydrogens (tertiary/aromatic N) is 2. The quantitative estimate of drug-likeness (QED) is 0.152. The number of rotatable bonds is 7. The van der Waals surface area contributed by atoms with Gasteiger partial charge in [0.1, 0.15) is 5.52 Å². The van der Waals surface area contributed by atoms with Crippen molar-refractivity contribution < 1.29 is 4.42 Å². The lowest BCUT2D eigenvalue weighted by atomic mass is 9.93. The van der Waals surface area contributed by atoms with Crippen molar-refractivity contribution in [3.05, 3.63) is 218 Å². The van der Waals surface area contributed by atoms with Crippen molar-refractivity contribution in [3.8, 4) is 44.8 Å². The Hall–Kier alpha value is -7.75. The molecule has 0 aliphatic carbocycles. The van der Waals surface area contributed by atoms with E-state index in [4.69, 9.17) is 9.40 Å².